The molecule has 0 aliphatic heterocycles. The van der Waals surface area contributed by atoms with E-state index in [-0.39, 0.29) is 69.5 Å². The summed E-state index contributed by atoms with van der Waals surface area (Å²) in [6.45, 7) is 56.6. The second-order valence-electron chi connectivity index (χ2n) is 23.8. The third-order valence-corrected chi connectivity index (χ3v) is 6.70. The molecule has 0 aromatic rings. The molecular weight excluding hydrogens is 630 g/mol. The van der Waals surface area contributed by atoms with Gasteiger partial charge < -0.3 is 39.4 Å². The van der Waals surface area contributed by atoms with E-state index in [2.05, 4.69) is 163 Å². The first-order chi connectivity index (χ1) is 21.8. The van der Waals surface area contributed by atoms with Crippen LogP contribution < -0.4 is 15.9 Å². The van der Waals surface area contributed by atoms with Gasteiger partial charge in [-0.25, -0.2) is 0 Å². The molecule has 0 saturated heterocycles. The van der Waals surface area contributed by atoms with Gasteiger partial charge >= 0.3 is 21.4 Å². The molecule has 0 aliphatic rings. The second kappa shape index (κ2) is 20.3. The molecule has 5 N–H and O–H groups in total. The summed E-state index contributed by atoms with van der Waals surface area (Å²) in [5, 5.41) is 16.7. The lowest BCUT2D eigenvalue weighted by molar-refractivity contribution is 0.0238. The molecular formula is C36H86B7N3O5. The van der Waals surface area contributed by atoms with Crippen LogP contribution in [-0.4, -0.2) is 66.4 Å². The molecule has 0 aromatic heterocycles. The zero-order valence-corrected chi connectivity index (χ0v) is 39.2. The molecule has 0 atom stereocenters. The normalized spacial score (nSPS) is 13.7. The fourth-order valence-corrected chi connectivity index (χ4v) is 3.36. The smallest absolute Gasteiger partial charge is 0.463 e. The molecule has 0 aliphatic carbocycles. The van der Waals surface area contributed by atoms with Gasteiger partial charge in [0.1, 0.15) is 0 Å². The average molecular weight is 717 g/mol. The van der Waals surface area contributed by atoms with E-state index in [1.165, 1.54) is 0 Å². The van der Waals surface area contributed by atoms with Gasteiger partial charge in [-0.05, 0) is 78.7 Å². The minimum absolute atomic E-state index is 0.0133. The molecule has 15 heteroatoms. The summed E-state index contributed by atoms with van der Waals surface area (Å²) >= 11 is 0. The largest absolute Gasteiger partial charge is 0.478 e. The van der Waals surface area contributed by atoms with Crippen LogP contribution >= 0.6 is 0 Å². The molecule has 0 spiro atoms. The molecule has 0 heterocycles. The van der Waals surface area contributed by atoms with Gasteiger partial charge in [-0.2, -0.15) is 0 Å². The zero-order chi connectivity index (χ0) is 42.0. The summed E-state index contributed by atoms with van der Waals surface area (Å²) in [5.41, 5.74) is 5.87. The van der Waals surface area contributed by atoms with Crippen molar-refractivity contribution in [3.8, 4) is 0 Å². The molecule has 8 nitrogen and oxygen atoms in total. The summed E-state index contributed by atoms with van der Waals surface area (Å²) in [7, 11) is 2.42. The fraction of sp³-hybridized carbons (Fsp3) is 1.00. The fourth-order valence-electron chi connectivity index (χ4n) is 3.36. The molecule has 296 valence electrons. The van der Waals surface area contributed by atoms with Gasteiger partial charge in [-0.3, -0.25) is 0 Å². The summed E-state index contributed by atoms with van der Waals surface area (Å²) in [6, 6.07) is 0. The van der Waals surface area contributed by atoms with E-state index < -0.39 is 14.2 Å². The van der Waals surface area contributed by atoms with Crippen molar-refractivity contribution in [2.45, 2.75) is 235 Å². The third-order valence-electron chi connectivity index (χ3n) is 6.70. The Labute approximate surface area is 324 Å². The SMILES string of the molecule is CC(C)(C)OB(OC(C)(C)C)C(C)(C)C.CC(C)(C)[B]NB(NB(N)C(C)(C)C)C(C)(C)C.CC(C)(C)[B]OB(OB(O)C(C)(C)C)C(C)(C)C. The average Bonchev–Trinajstić information content (AvgIpc) is 2.78. The van der Waals surface area contributed by atoms with Crippen LogP contribution in [0.25, 0.3) is 0 Å². The number of hydrogen-bond acceptors (Lipinski definition) is 8. The van der Waals surface area contributed by atoms with Crippen molar-refractivity contribution in [3.05, 3.63) is 0 Å². The van der Waals surface area contributed by atoms with Gasteiger partial charge in [0, 0.05) is 11.2 Å². The summed E-state index contributed by atoms with van der Waals surface area (Å²) in [5.74, 6) is 0. The number of nitrogens with two attached hydrogens (primary N) is 1. The Bertz CT molecular complexity index is 877. The Morgan fingerprint density at radius 1 is 0.490 bits per heavy atom. The number of rotatable bonds is 10. The standard InChI is InChI=1S/C12H31B3N3.C12H28B3O3.C12H27BO2/c2*1-10(2,3)13-17-15(12(7,8)9)18-14(16)11(4,5)6;1-10(2,3)13(14-11(4,5)6)15-12(7,8)9/h17-18H,16H2,1-9H3;16H,1-9H3;1-9H3. The van der Waals surface area contributed by atoms with E-state index in [0.717, 1.165) is 0 Å². The first-order valence-corrected chi connectivity index (χ1v) is 19.1. The third kappa shape index (κ3) is 32.1. The summed E-state index contributed by atoms with van der Waals surface area (Å²) in [6.07, 6.45) is 0. The topological polar surface area (TPSA) is 107 Å². The van der Waals surface area contributed by atoms with E-state index in [1.54, 1.807) is 7.48 Å². The molecule has 0 unspecified atom stereocenters. The predicted octanol–water partition coefficient (Wildman–Crippen LogP) is 9.87. The minimum Gasteiger partial charge on any atom is -0.478 e. The van der Waals surface area contributed by atoms with E-state index in [1.807, 2.05) is 41.5 Å². The molecule has 0 saturated carbocycles. The highest BCUT2D eigenvalue weighted by atomic mass is 16.6. The lowest BCUT2D eigenvalue weighted by atomic mass is 9.41. The Hall–Kier alpha value is 0.135. The zero-order valence-electron chi connectivity index (χ0n) is 39.2. The Balaban J connectivity index is -0.000000681. The van der Waals surface area contributed by atoms with Crippen LogP contribution in [0.4, 0.5) is 0 Å². The number of nitrogens with one attached hydrogen (secondary N) is 2. The van der Waals surface area contributed by atoms with E-state index in [0.29, 0.717) is 0 Å². The van der Waals surface area contributed by atoms with Gasteiger partial charge in [0.05, 0.1) is 0 Å². The van der Waals surface area contributed by atoms with E-state index >= 15 is 0 Å². The first kappa shape index (κ1) is 55.5. The van der Waals surface area contributed by atoms with Crippen molar-refractivity contribution >= 4 is 50.2 Å². The van der Waals surface area contributed by atoms with Gasteiger partial charge in [-0.15, -0.1) is 0 Å². The molecule has 51 heavy (non-hydrogen) atoms. The molecule has 0 rings (SSSR count). The quantitative estimate of drug-likeness (QED) is 0.166. The van der Waals surface area contributed by atoms with Gasteiger partial charge in [0.15, 0.2) is 7.41 Å². The maximum Gasteiger partial charge on any atom is 0.463 e. The van der Waals surface area contributed by atoms with Gasteiger partial charge in [-0.1, -0.05) is 145 Å². The van der Waals surface area contributed by atoms with Crippen LogP contribution in [-0.2, 0) is 18.5 Å². The second-order valence-corrected chi connectivity index (χ2v) is 23.8. The lowest BCUT2D eigenvalue weighted by Gasteiger charge is -2.36. The maximum atomic E-state index is 10.0. The molecule has 0 aromatic carbocycles. The van der Waals surface area contributed by atoms with Crippen molar-refractivity contribution in [1.29, 1.82) is 0 Å². The van der Waals surface area contributed by atoms with E-state index in [9.17, 15) is 5.02 Å². The Morgan fingerprint density at radius 3 is 1.10 bits per heavy atom. The van der Waals surface area contributed by atoms with Crippen LogP contribution in [0.2, 0.25) is 37.2 Å². The van der Waals surface area contributed by atoms with Gasteiger partial charge in [0.2, 0.25) is 0 Å². The van der Waals surface area contributed by atoms with Crippen molar-refractivity contribution in [2.75, 3.05) is 0 Å². The highest BCUT2D eigenvalue weighted by Gasteiger charge is 2.42. The van der Waals surface area contributed by atoms with Crippen molar-refractivity contribution < 1.29 is 23.5 Å². The monoisotopic (exact) mass is 718 g/mol. The molecule has 0 amide bonds. The lowest BCUT2D eigenvalue weighted by Crippen LogP contribution is -2.65. The van der Waals surface area contributed by atoms with Crippen LogP contribution in [0.3, 0.4) is 0 Å². The highest BCUT2D eigenvalue weighted by Crippen LogP contribution is 2.35. The van der Waals surface area contributed by atoms with Crippen molar-refractivity contribution in [3.63, 3.8) is 0 Å². The summed E-state index contributed by atoms with van der Waals surface area (Å²) < 4.78 is 23.3. The maximum absolute atomic E-state index is 10.0. The van der Waals surface area contributed by atoms with E-state index in [4.69, 9.17) is 24.1 Å². The minimum atomic E-state index is -0.852. The van der Waals surface area contributed by atoms with Crippen molar-refractivity contribution in [2.24, 2.45) is 5.64 Å². The molecule has 0 bridgehead atoms. The predicted molar refractivity (Wildman–Crippen MR) is 235 cm³/mol. The Morgan fingerprint density at radius 2 is 0.863 bits per heavy atom. The Kier molecular flexibility index (Phi) is 22.1. The van der Waals surface area contributed by atoms with Crippen LogP contribution in [0.1, 0.15) is 187 Å². The van der Waals surface area contributed by atoms with Crippen LogP contribution in [0.5, 0.6) is 0 Å². The highest BCUT2D eigenvalue weighted by molar-refractivity contribution is 6.77. The van der Waals surface area contributed by atoms with Crippen LogP contribution in [0, 0.1) is 0 Å². The molecule has 0 fully saturated rings. The number of hydrogen-bond donors (Lipinski definition) is 4. The van der Waals surface area contributed by atoms with Crippen LogP contribution in [0.15, 0.2) is 0 Å². The first-order valence-electron chi connectivity index (χ1n) is 19.1. The molecule has 2 radical (unpaired) electrons. The van der Waals surface area contributed by atoms with Gasteiger partial charge in [0.25, 0.3) is 21.4 Å². The van der Waals surface area contributed by atoms with Crippen molar-refractivity contribution in [1.82, 2.24) is 10.3 Å². The summed E-state index contributed by atoms with van der Waals surface area (Å²) in [4.78, 5) is 0.